The van der Waals surface area contributed by atoms with Gasteiger partial charge in [0.2, 0.25) is 0 Å². The minimum Gasteiger partial charge on any atom is -0.481 e. The molecule has 2 aliphatic heterocycles. The zero-order valence-corrected chi connectivity index (χ0v) is 15.6. The van der Waals surface area contributed by atoms with Gasteiger partial charge in [0.15, 0.2) is 0 Å². The number of fused-ring (bicyclic) bond motifs is 2. The van der Waals surface area contributed by atoms with Gasteiger partial charge in [-0.25, -0.2) is 0 Å². The highest BCUT2D eigenvalue weighted by Gasteiger charge is 2.47. The Hall–Kier alpha value is -0.520. The third-order valence-electron chi connectivity index (χ3n) is 5.04. The van der Waals surface area contributed by atoms with Crippen LogP contribution in [0.15, 0.2) is 12.2 Å². The SMILES string of the molecule is CC/C=C/COCCC1C2CCC(O2)C1CSCCCCC(=O)O. The predicted molar refractivity (Wildman–Crippen MR) is 98.6 cm³/mol. The van der Waals surface area contributed by atoms with Crippen molar-refractivity contribution >= 4 is 17.7 Å². The number of aliphatic carboxylic acids is 1. The molecule has 0 spiro atoms. The maximum absolute atomic E-state index is 10.5. The highest BCUT2D eigenvalue weighted by atomic mass is 32.2. The van der Waals surface area contributed by atoms with Crippen molar-refractivity contribution in [3.8, 4) is 0 Å². The Morgan fingerprint density at radius 3 is 2.79 bits per heavy atom. The van der Waals surface area contributed by atoms with Gasteiger partial charge in [0.1, 0.15) is 0 Å². The summed E-state index contributed by atoms with van der Waals surface area (Å²) in [5.74, 6) is 2.82. The van der Waals surface area contributed by atoms with Crippen LogP contribution < -0.4 is 0 Å². The molecule has 2 rings (SSSR count). The van der Waals surface area contributed by atoms with Gasteiger partial charge in [0.25, 0.3) is 0 Å². The van der Waals surface area contributed by atoms with Gasteiger partial charge in [0, 0.05) is 13.0 Å². The monoisotopic (exact) mass is 356 g/mol. The highest BCUT2D eigenvalue weighted by molar-refractivity contribution is 7.99. The Bertz CT molecular complexity index is 399. The Morgan fingerprint density at radius 2 is 2.04 bits per heavy atom. The number of ether oxygens (including phenoxy) is 2. The standard InChI is InChI=1S/C19H32O4S/c1-2-3-5-11-22-12-10-15-16(18-9-8-17(15)23-18)14-24-13-6-4-7-19(20)21/h3,5,15-18H,2,4,6-14H2,1H3,(H,20,21)/b5-3+. The summed E-state index contributed by atoms with van der Waals surface area (Å²) in [5.41, 5.74) is 0. The fourth-order valence-corrected chi connectivity index (χ4v) is 5.12. The number of allylic oxidation sites excluding steroid dienone is 1. The van der Waals surface area contributed by atoms with Crippen LogP contribution in [0.4, 0.5) is 0 Å². The molecule has 2 saturated heterocycles. The first-order chi connectivity index (χ1) is 11.7. The third-order valence-corrected chi connectivity index (χ3v) is 6.24. The van der Waals surface area contributed by atoms with E-state index in [1.807, 2.05) is 11.8 Å². The topological polar surface area (TPSA) is 55.8 Å². The smallest absolute Gasteiger partial charge is 0.303 e. The van der Waals surface area contributed by atoms with Gasteiger partial charge < -0.3 is 14.6 Å². The summed E-state index contributed by atoms with van der Waals surface area (Å²) < 4.78 is 11.9. The molecule has 2 aliphatic rings. The molecular formula is C19H32O4S. The fourth-order valence-electron chi connectivity index (χ4n) is 3.81. The molecule has 0 aliphatic carbocycles. The normalized spacial score (nSPS) is 28.9. The van der Waals surface area contributed by atoms with E-state index in [1.54, 1.807) is 0 Å². The zero-order valence-electron chi connectivity index (χ0n) is 14.8. The van der Waals surface area contributed by atoms with E-state index in [-0.39, 0.29) is 0 Å². The second kappa shape index (κ2) is 11.2. The Labute approximate surface area is 150 Å². The van der Waals surface area contributed by atoms with Crippen molar-refractivity contribution in [2.75, 3.05) is 24.7 Å². The molecule has 4 atom stereocenters. The van der Waals surface area contributed by atoms with Gasteiger partial charge in [-0.3, -0.25) is 4.79 Å². The first-order valence-corrected chi connectivity index (χ1v) is 10.6. The van der Waals surface area contributed by atoms with E-state index < -0.39 is 5.97 Å². The molecule has 2 fully saturated rings. The van der Waals surface area contributed by atoms with E-state index in [2.05, 4.69) is 19.1 Å². The summed E-state index contributed by atoms with van der Waals surface area (Å²) >= 11 is 1.97. The van der Waals surface area contributed by atoms with Gasteiger partial charge >= 0.3 is 5.97 Å². The van der Waals surface area contributed by atoms with Gasteiger partial charge in [-0.05, 0) is 61.9 Å². The van der Waals surface area contributed by atoms with Crippen LogP contribution >= 0.6 is 11.8 Å². The van der Waals surface area contributed by atoms with E-state index >= 15 is 0 Å². The van der Waals surface area contributed by atoms with Crippen LogP contribution in [0, 0.1) is 11.8 Å². The summed E-state index contributed by atoms with van der Waals surface area (Å²) in [6.45, 7) is 3.68. The highest BCUT2D eigenvalue weighted by Crippen LogP contribution is 2.46. The van der Waals surface area contributed by atoms with Crippen LogP contribution in [0.2, 0.25) is 0 Å². The number of carboxylic acids is 1. The van der Waals surface area contributed by atoms with E-state index in [0.29, 0.717) is 30.5 Å². The summed E-state index contributed by atoms with van der Waals surface area (Å²) in [7, 11) is 0. The maximum Gasteiger partial charge on any atom is 0.303 e. The second-order valence-electron chi connectivity index (χ2n) is 6.79. The molecule has 24 heavy (non-hydrogen) atoms. The Kier molecular flexibility index (Phi) is 9.21. The predicted octanol–water partition coefficient (Wildman–Crippen LogP) is 4.14. The van der Waals surface area contributed by atoms with Crippen LogP contribution in [0.1, 0.15) is 51.9 Å². The van der Waals surface area contributed by atoms with E-state index in [4.69, 9.17) is 14.6 Å². The van der Waals surface area contributed by atoms with Crippen molar-refractivity contribution in [1.29, 1.82) is 0 Å². The number of hydrogen-bond acceptors (Lipinski definition) is 4. The van der Waals surface area contributed by atoms with Gasteiger partial charge in [-0.2, -0.15) is 11.8 Å². The molecule has 5 heteroatoms. The molecule has 4 nitrogen and oxygen atoms in total. The Morgan fingerprint density at radius 1 is 1.25 bits per heavy atom. The lowest BCUT2D eigenvalue weighted by Crippen LogP contribution is -2.30. The van der Waals surface area contributed by atoms with Crippen molar-refractivity contribution < 1.29 is 19.4 Å². The average Bonchev–Trinajstić information content (AvgIpc) is 3.15. The van der Waals surface area contributed by atoms with E-state index in [0.717, 1.165) is 50.4 Å². The lowest BCUT2D eigenvalue weighted by atomic mass is 9.79. The van der Waals surface area contributed by atoms with E-state index in [1.165, 1.54) is 12.8 Å². The summed E-state index contributed by atoms with van der Waals surface area (Å²) in [5, 5.41) is 8.66. The van der Waals surface area contributed by atoms with Gasteiger partial charge in [-0.1, -0.05) is 19.1 Å². The maximum atomic E-state index is 10.5. The number of thioether (sulfide) groups is 1. The van der Waals surface area contributed by atoms with Crippen molar-refractivity contribution in [2.24, 2.45) is 11.8 Å². The first kappa shape index (κ1) is 19.8. The molecule has 0 amide bonds. The molecule has 2 bridgehead atoms. The Balaban J connectivity index is 1.62. The molecule has 138 valence electrons. The first-order valence-electron chi connectivity index (χ1n) is 9.40. The molecule has 0 radical (unpaired) electrons. The molecule has 0 aromatic rings. The van der Waals surface area contributed by atoms with Crippen molar-refractivity contribution in [2.45, 2.75) is 64.1 Å². The minimum absolute atomic E-state index is 0.296. The minimum atomic E-state index is -0.685. The third kappa shape index (κ3) is 6.41. The lowest BCUT2D eigenvalue weighted by Gasteiger charge is -2.27. The number of carboxylic acid groups (broad SMARTS) is 1. The summed E-state index contributed by atoms with van der Waals surface area (Å²) in [6, 6.07) is 0. The molecule has 2 heterocycles. The molecule has 0 aromatic heterocycles. The summed E-state index contributed by atoms with van der Waals surface area (Å²) in [6.07, 6.45) is 11.8. The fraction of sp³-hybridized carbons (Fsp3) is 0.842. The number of rotatable bonds is 13. The van der Waals surface area contributed by atoms with Crippen LogP contribution in [0.25, 0.3) is 0 Å². The van der Waals surface area contributed by atoms with Gasteiger partial charge in [0.05, 0.1) is 18.8 Å². The zero-order chi connectivity index (χ0) is 17.2. The average molecular weight is 357 g/mol. The van der Waals surface area contributed by atoms with Crippen LogP contribution in [-0.4, -0.2) is 48.0 Å². The lowest BCUT2D eigenvalue weighted by molar-refractivity contribution is -0.137. The quantitative estimate of drug-likeness (QED) is 0.397. The number of hydrogen-bond donors (Lipinski definition) is 1. The van der Waals surface area contributed by atoms with E-state index in [9.17, 15) is 4.79 Å². The molecule has 0 saturated carbocycles. The molecule has 4 unspecified atom stereocenters. The molecule has 1 N–H and O–H groups in total. The largest absolute Gasteiger partial charge is 0.481 e. The number of unbranched alkanes of at least 4 members (excludes halogenated alkanes) is 1. The van der Waals surface area contributed by atoms with Crippen molar-refractivity contribution in [3.63, 3.8) is 0 Å². The molecule has 0 aromatic carbocycles. The van der Waals surface area contributed by atoms with Crippen LogP contribution in [0.3, 0.4) is 0 Å². The van der Waals surface area contributed by atoms with Gasteiger partial charge in [-0.15, -0.1) is 0 Å². The van der Waals surface area contributed by atoms with Crippen LogP contribution in [-0.2, 0) is 14.3 Å². The van der Waals surface area contributed by atoms with Crippen LogP contribution in [0.5, 0.6) is 0 Å². The molecular weight excluding hydrogens is 324 g/mol. The van der Waals surface area contributed by atoms with Crippen molar-refractivity contribution in [3.05, 3.63) is 12.2 Å². The second-order valence-corrected chi connectivity index (χ2v) is 7.94. The van der Waals surface area contributed by atoms with Crippen molar-refractivity contribution in [1.82, 2.24) is 0 Å². The summed E-state index contributed by atoms with van der Waals surface area (Å²) in [4.78, 5) is 10.5. The number of carbonyl (C=O) groups is 1.